The van der Waals surface area contributed by atoms with Gasteiger partial charge < -0.3 is 19.0 Å². The summed E-state index contributed by atoms with van der Waals surface area (Å²) in [5, 5.41) is -0.167. The zero-order valence-electron chi connectivity index (χ0n) is 10.5. The molecule has 0 aliphatic heterocycles. The number of hydrogen-bond acceptors (Lipinski definition) is 4. The van der Waals surface area contributed by atoms with E-state index in [1.54, 1.807) is 21.3 Å². The molecule has 0 aromatic heterocycles. The molecule has 0 aliphatic rings. The first kappa shape index (κ1) is 17.7. The Morgan fingerprint density at radius 3 is 1.67 bits per heavy atom. The van der Waals surface area contributed by atoms with Crippen LogP contribution in [0.5, 0.6) is 0 Å². The van der Waals surface area contributed by atoms with Gasteiger partial charge in [-0.25, -0.2) is 0 Å². The minimum Gasteiger partial charge on any atom is -0.377 e. The zero-order chi connectivity index (χ0) is 11.4. The van der Waals surface area contributed by atoms with Crippen LogP contribution in [0.3, 0.4) is 0 Å². The van der Waals surface area contributed by atoms with Crippen LogP contribution >= 0.6 is 12.4 Å². The number of halogens is 1. The molecular weight excluding hydrogens is 234 g/mol. The molecule has 94 valence electrons. The summed E-state index contributed by atoms with van der Waals surface area (Å²) in [4.78, 5) is 0. The molecule has 0 saturated heterocycles. The highest BCUT2D eigenvalue weighted by Gasteiger charge is 2.53. The van der Waals surface area contributed by atoms with Crippen LogP contribution in [0.4, 0.5) is 0 Å². The van der Waals surface area contributed by atoms with Crippen molar-refractivity contribution in [1.29, 1.82) is 0 Å². The second-order valence-electron chi connectivity index (χ2n) is 4.23. The first-order valence-electron chi connectivity index (χ1n) is 4.76. The predicted octanol–water partition coefficient (Wildman–Crippen LogP) is 1.80. The molecule has 0 aromatic rings. The van der Waals surface area contributed by atoms with E-state index in [0.29, 0.717) is 0 Å². The Morgan fingerprint density at radius 2 is 1.47 bits per heavy atom. The molecule has 6 heteroatoms. The molecule has 1 atom stereocenters. The van der Waals surface area contributed by atoms with Crippen molar-refractivity contribution in [2.75, 3.05) is 21.3 Å². The lowest BCUT2D eigenvalue weighted by molar-refractivity contribution is 0.0919. The lowest BCUT2D eigenvalue weighted by Gasteiger charge is -2.39. The fraction of sp³-hybridized carbons (Fsp3) is 1.00. The van der Waals surface area contributed by atoms with Gasteiger partial charge in [0.1, 0.15) is 0 Å². The fourth-order valence-electron chi connectivity index (χ4n) is 2.01. The summed E-state index contributed by atoms with van der Waals surface area (Å²) in [7, 11) is 2.29. The van der Waals surface area contributed by atoms with Crippen LogP contribution < -0.4 is 5.73 Å². The summed E-state index contributed by atoms with van der Waals surface area (Å²) in [6.45, 7) is 6.11. The SMILES string of the molecule is CO[Si](OC)(OC)C(C)(C)CC(C)N.Cl. The lowest BCUT2D eigenvalue weighted by Crippen LogP contribution is -2.53. The molecule has 0 fully saturated rings. The number of rotatable bonds is 6. The van der Waals surface area contributed by atoms with Crippen molar-refractivity contribution in [1.82, 2.24) is 0 Å². The molecule has 0 amide bonds. The Labute approximate surface area is 100 Å². The minimum absolute atomic E-state index is 0. The predicted molar refractivity (Wildman–Crippen MR) is 66.3 cm³/mol. The number of hydrogen-bond donors (Lipinski definition) is 1. The molecule has 1 unspecified atom stereocenters. The second-order valence-corrected chi connectivity index (χ2v) is 7.92. The van der Waals surface area contributed by atoms with Crippen LogP contribution in [0.2, 0.25) is 5.04 Å². The van der Waals surface area contributed by atoms with E-state index < -0.39 is 8.80 Å². The van der Waals surface area contributed by atoms with Gasteiger partial charge in [0.2, 0.25) is 0 Å². The van der Waals surface area contributed by atoms with Gasteiger partial charge in [0, 0.05) is 32.4 Å². The largest absolute Gasteiger partial charge is 0.506 e. The Bertz CT molecular complexity index is 166. The molecule has 15 heavy (non-hydrogen) atoms. The highest BCUT2D eigenvalue weighted by Crippen LogP contribution is 2.42. The Hall–Kier alpha value is 0.347. The molecule has 2 N–H and O–H groups in total. The van der Waals surface area contributed by atoms with E-state index in [-0.39, 0.29) is 23.5 Å². The molecule has 0 rings (SSSR count). The summed E-state index contributed by atoms with van der Waals surface area (Å²) in [6.07, 6.45) is 0.814. The van der Waals surface area contributed by atoms with Gasteiger partial charge in [-0.3, -0.25) is 0 Å². The van der Waals surface area contributed by atoms with Crippen LogP contribution in [-0.2, 0) is 13.3 Å². The van der Waals surface area contributed by atoms with Gasteiger partial charge in [-0.15, -0.1) is 12.4 Å². The van der Waals surface area contributed by atoms with Gasteiger partial charge in [-0.2, -0.15) is 0 Å². The van der Waals surface area contributed by atoms with Crippen molar-refractivity contribution in [2.24, 2.45) is 5.73 Å². The van der Waals surface area contributed by atoms with E-state index in [4.69, 9.17) is 19.0 Å². The van der Waals surface area contributed by atoms with Crippen molar-refractivity contribution in [3.63, 3.8) is 0 Å². The Balaban J connectivity index is 0. The van der Waals surface area contributed by atoms with Crippen LogP contribution in [0.1, 0.15) is 27.2 Å². The number of nitrogens with two attached hydrogens (primary N) is 1. The maximum absolute atomic E-state index is 5.79. The van der Waals surface area contributed by atoms with E-state index in [9.17, 15) is 0 Å². The van der Waals surface area contributed by atoms with Crippen LogP contribution in [-0.4, -0.2) is 36.2 Å². The van der Waals surface area contributed by atoms with Crippen molar-refractivity contribution in [2.45, 2.75) is 38.3 Å². The summed E-state index contributed by atoms with van der Waals surface area (Å²) in [5.41, 5.74) is 5.79. The summed E-state index contributed by atoms with van der Waals surface area (Å²) in [6, 6.07) is 0.109. The third-order valence-corrected chi connectivity index (χ3v) is 5.94. The van der Waals surface area contributed by atoms with Crippen LogP contribution in [0.15, 0.2) is 0 Å². The van der Waals surface area contributed by atoms with Gasteiger partial charge in [0.05, 0.1) is 0 Å². The summed E-state index contributed by atoms with van der Waals surface area (Å²) >= 11 is 0. The highest BCUT2D eigenvalue weighted by atomic mass is 35.5. The maximum Gasteiger partial charge on any atom is 0.506 e. The van der Waals surface area contributed by atoms with Crippen LogP contribution in [0, 0.1) is 0 Å². The van der Waals surface area contributed by atoms with Gasteiger partial charge in [0.25, 0.3) is 0 Å². The summed E-state index contributed by atoms with van der Waals surface area (Å²) in [5.74, 6) is 0. The van der Waals surface area contributed by atoms with Crippen molar-refractivity contribution >= 4 is 21.2 Å². The van der Waals surface area contributed by atoms with Crippen molar-refractivity contribution < 1.29 is 13.3 Å². The molecule has 0 saturated carbocycles. The molecule has 0 heterocycles. The highest BCUT2D eigenvalue weighted by molar-refractivity contribution is 6.64. The molecule has 0 bridgehead atoms. The Morgan fingerprint density at radius 1 is 1.13 bits per heavy atom. The monoisotopic (exact) mass is 257 g/mol. The fourth-order valence-corrected chi connectivity index (χ4v) is 4.74. The van der Waals surface area contributed by atoms with Gasteiger partial charge in [0.15, 0.2) is 0 Å². The first-order chi connectivity index (χ1) is 6.35. The standard InChI is InChI=1S/C9H23NO3Si.ClH/c1-8(10)7-9(2,3)14(11-4,12-5)13-6;/h8H,7,10H2,1-6H3;1H. The van der Waals surface area contributed by atoms with E-state index >= 15 is 0 Å². The molecule has 0 spiro atoms. The maximum atomic E-state index is 5.79. The summed E-state index contributed by atoms with van der Waals surface area (Å²) < 4.78 is 16.3. The smallest absolute Gasteiger partial charge is 0.377 e. The quantitative estimate of drug-likeness (QED) is 0.738. The second kappa shape index (κ2) is 6.83. The van der Waals surface area contributed by atoms with Gasteiger partial charge in [-0.1, -0.05) is 13.8 Å². The van der Waals surface area contributed by atoms with Gasteiger partial charge >= 0.3 is 8.80 Å². The van der Waals surface area contributed by atoms with E-state index in [1.807, 2.05) is 6.92 Å². The van der Waals surface area contributed by atoms with Crippen molar-refractivity contribution in [3.05, 3.63) is 0 Å². The molecule has 4 nitrogen and oxygen atoms in total. The van der Waals surface area contributed by atoms with Gasteiger partial charge in [-0.05, 0) is 13.3 Å². The lowest BCUT2D eigenvalue weighted by atomic mass is 10.0. The van der Waals surface area contributed by atoms with E-state index in [2.05, 4.69) is 13.8 Å². The molecule has 0 radical (unpaired) electrons. The van der Waals surface area contributed by atoms with Crippen LogP contribution in [0.25, 0.3) is 0 Å². The van der Waals surface area contributed by atoms with E-state index in [1.165, 1.54) is 0 Å². The third kappa shape index (κ3) is 4.01. The minimum atomic E-state index is -2.59. The first-order valence-corrected chi connectivity index (χ1v) is 6.48. The average Bonchev–Trinajstić information content (AvgIpc) is 2.05. The normalized spacial score (nSPS) is 14.6. The third-order valence-electron chi connectivity index (χ3n) is 2.47. The average molecular weight is 258 g/mol. The van der Waals surface area contributed by atoms with E-state index in [0.717, 1.165) is 6.42 Å². The molecular formula is C9H24ClNO3Si. The molecule has 0 aromatic carbocycles. The topological polar surface area (TPSA) is 53.7 Å². The Kier molecular flexibility index (Phi) is 8.07. The zero-order valence-corrected chi connectivity index (χ0v) is 12.3. The van der Waals surface area contributed by atoms with Crippen molar-refractivity contribution in [3.8, 4) is 0 Å². The molecule has 0 aliphatic carbocycles.